The molecule has 20 heavy (non-hydrogen) atoms. The summed E-state index contributed by atoms with van der Waals surface area (Å²) in [5.41, 5.74) is 3.71. The van der Waals surface area contributed by atoms with Crippen molar-refractivity contribution < 1.29 is 0 Å². The van der Waals surface area contributed by atoms with E-state index >= 15 is 0 Å². The molecule has 1 N–H and O–H groups in total. The second-order valence-corrected chi connectivity index (χ2v) is 6.56. The molecule has 4 nitrogen and oxygen atoms in total. The normalized spacial score (nSPS) is 11.9. The van der Waals surface area contributed by atoms with Crippen molar-refractivity contribution in [1.29, 1.82) is 0 Å². The lowest BCUT2D eigenvalue weighted by Gasteiger charge is -2.15. The quantitative estimate of drug-likeness (QED) is 0.876. The molecular formula is C15H20ClN3O. The topological polar surface area (TPSA) is 50.7 Å². The molecule has 0 amide bonds. The van der Waals surface area contributed by atoms with Gasteiger partial charge < -0.3 is 4.98 Å². The summed E-state index contributed by atoms with van der Waals surface area (Å²) < 4.78 is 1.73. The number of hydrogen-bond donors (Lipinski definition) is 1. The number of H-pyrrole nitrogens is 1. The lowest BCUT2D eigenvalue weighted by atomic mass is 9.92. The average molecular weight is 294 g/mol. The van der Waals surface area contributed by atoms with Crippen molar-refractivity contribution in [3.8, 4) is 11.4 Å². The zero-order chi connectivity index (χ0) is 15.2. The highest BCUT2D eigenvalue weighted by molar-refractivity contribution is 6.33. The smallest absolute Gasteiger partial charge is 0.185 e. The van der Waals surface area contributed by atoms with E-state index in [1.54, 1.807) is 10.7 Å². The molecule has 2 aromatic rings. The minimum absolute atomic E-state index is 0.00539. The van der Waals surface area contributed by atoms with Crippen molar-refractivity contribution in [2.45, 2.75) is 40.0 Å². The molecule has 0 radical (unpaired) electrons. The van der Waals surface area contributed by atoms with Crippen LogP contribution in [0, 0.1) is 13.8 Å². The summed E-state index contributed by atoms with van der Waals surface area (Å²) in [6.07, 6.45) is 0. The largest absolute Gasteiger partial charge is 0.357 e. The molecule has 0 spiro atoms. The van der Waals surface area contributed by atoms with Crippen molar-refractivity contribution in [2.24, 2.45) is 7.05 Å². The van der Waals surface area contributed by atoms with Gasteiger partial charge in [0.15, 0.2) is 5.43 Å². The van der Waals surface area contributed by atoms with Gasteiger partial charge in [-0.2, -0.15) is 5.10 Å². The lowest BCUT2D eigenvalue weighted by molar-refractivity contribution is 0.553. The Morgan fingerprint density at radius 3 is 2.35 bits per heavy atom. The number of hydrogen-bond acceptors (Lipinski definition) is 2. The molecule has 0 fully saturated rings. The van der Waals surface area contributed by atoms with Gasteiger partial charge in [-0.15, -0.1) is 0 Å². The number of halogens is 1. The van der Waals surface area contributed by atoms with E-state index < -0.39 is 0 Å². The highest BCUT2D eigenvalue weighted by Crippen LogP contribution is 2.35. The zero-order valence-electron chi connectivity index (χ0n) is 12.8. The highest BCUT2D eigenvalue weighted by atomic mass is 35.5. The summed E-state index contributed by atoms with van der Waals surface area (Å²) in [7, 11) is 1.84. The molecule has 0 aromatic carbocycles. The van der Waals surface area contributed by atoms with E-state index in [0.29, 0.717) is 10.7 Å². The van der Waals surface area contributed by atoms with E-state index in [1.165, 1.54) is 0 Å². The standard InChI is InChI=1S/C15H20ClN3O/c1-8-9(2)17-10(7-11(8)20)13-12(16)14(15(3,4)5)18-19(13)6/h7H,1-6H3,(H,17,20). The van der Waals surface area contributed by atoms with Crippen LogP contribution < -0.4 is 5.43 Å². The number of nitrogens with one attached hydrogen (secondary N) is 1. The number of aryl methyl sites for hydroxylation is 2. The highest BCUT2D eigenvalue weighted by Gasteiger charge is 2.26. The average Bonchev–Trinajstić information content (AvgIpc) is 2.61. The number of pyridine rings is 1. The Bertz CT molecular complexity index is 720. The molecule has 2 rings (SSSR count). The van der Waals surface area contributed by atoms with Crippen LogP contribution in [0.25, 0.3) is 11.4 Å². The molecule has 0 saturated carbocycles. The molecule has 0 saturated heterocycles. The van der Waals surface area contributed by atoms with Crippen LogP contribution in [0.2, 0.25) is 5.02 Å². The molecule has 0 aliphatic rings. The van der Waals surface area contributed by atoms with Crippen molar-refractivity contribution >= 4 is 11.6 Å². The molecule has 0 bridgehead atoms. The minimum Gasteiger partial charge on any atom is -0.357 e. The molecule has 0 unspecified atom stereocenters. The predicted molar refractivity (Wildman–Crippen MR) is 82.4 cm³/mol. The maximum Gasteiger partial charge on any atom is 0.185 e. The first-order valence-electron chi connectivity index (χ1n) is 6.56. The molecule has 5 heteroatoms. The fraction of sp³-hybridized carbons (Fsp3) is 0.467. The van der Waals surface area contributed by atoms with Crippen LogP contribution >= 0.6 is 11.6 Å². The summed E-state index contributed by atoms with van der Waals surface area (Å²) in [5, 5.41) is 5.10. The van der Waals surface area contributed by atoms with Gasteiger partial charge in [0.05, 0.1) is 16.4 Å². The Labute approximate surface area is 123 Å². The third-order valence-corrected chi connectivity index (χ3v) is 3.84. The minimum atomic E-state index is -0.146. The maximum absolute atomic E-state index is 12.0. The molecule has 2 heterocycles. The first kappa shape index (κ1) is 14.9. The zero-order valence-corrected chi connectivity index (χ0v) is 13.5. The van der Waals surface area contributed by atoms with Crippen molar-refractivity contribution in [3.63, 3.8) is 0 Å². The Morgan fingerprint density at radius 1 is 1.30 bits per heavy atom. The molecule has 0 aliphatic carbocycles. The van der Waals surface area contributed by atoms with Crippen LogP contribution in [0.5, 0.6) is 0 Å². The van der Waals surface area contributed by atoms with Crippen LogP contribution in [-0.4, -0.2) is 14.8 Å². The number of nitrogens with zero attached hydrogens (tertiary/aromatic N) is 2. The second-order valence-electron chi connectivity index (χ2n) is 6.18. The van der Waals surface area contributed by atoms with E-state index in [1.807, 2.05) is 20.9 Å². The summed E-state index contributed by atoms with van der Waals surface area (Å²) in [4.78, 5) is 15.2. The number of aromatic amines is 1. The first-order chi connectivity index (χ1) is 9.12. The third-order valence-electron chi connectivity index (χ3n) is 3.48. The van der Waals surface area contributed by atoms with Gasteiger partial charge in [0.2, 0.25) is 0 Å². The monoisotopic (exact) mass is 293 g/mol. The lowest BCUT2D eigenvalue weighted by Crippen LogP contribution is -2.12. The van der Waals surface area contributed by atoms with E-state index in [-0.39, 0.29) is 10.8 Å². The van der Waals surface area contributed by atoms with Crippen LogP contribution in [0.1, 0.15) is 37.7 Å². The molecule has 0 atom stereocenters. The van der Waals surface area contributed by atoms with Gasteiger partial charge in [0.1, 0.15) is 5.69 Å². The summed E-state index contributed by atoms with van der Waals surface area (Å²) in [6, 6.07) is 1.58. The van der Waals surface area contributed by atoms with E-state index in [9.17, 15) is 4.79 Å². The maximum atomic E-state index is 12.0. The van der Waals surface area contributed by atoms with E-state index in [2.05, 4.69) is 30.9 Å². The van der Waals surface area contributed by atoms with Gasteiger partial charge in [-0.3, -0.25) is 9.48 Å². The van der Waals surface area contributed by atoms with Gasteiger partial charge in [0, 0.05) is 29.8 Å². The molecule has 108 valence electrons. The van der Waals surface area contributed by atoms with E-state index in [4.69, 9.17) is 11.6 Å². The molecular weight excluding hydrogens is 274 g/mol. The van der Waals surface area contributed by atoms with Gasteiger partial charge in [0.25, 0.3) is 0 Å². The van der Waals surface area contributed by atoms with Crippen molar-refractivity contribution in [2.75, 3.05) is 0 Å². The van der Waals surface area contributed by atoms with Gasteiger partial charge in [-0.05, 0) is 13.8 Å². The summed E-state index contributed by atoms with van der Waals surface area (Å²) in [5.74, 6) is 0. The van der Waals surface area contributed by atoms with Gasteiger partial charge in [-0.1, -0.05) is 32.4 Å². The molecule has 0 aliphatic heterocycles. The van der Waals surface area contributed by atoms with Crippen LogP contribution in [0.15, 0.2) is 10.9 Å². The number of aromatic nitrogens is 3. The van der Waals surface area contributed by atoms with Crippen molar-refractivity contribution in [3.05, 3.63) is 38.3 Å². The van der Waals surface area contributed by atoms with E-state index in [0.717, 1.165) is 22.6 Å². The Hall–Kier alpha value is -1.55. The predicted octanol–water partition coefficient (Wildman–Crippen LogP) is 3.34. The first-order valence-corrected chi connectivity index (χ1v) is 6.94. The number of rotatable bonds is 1. The van der Waals surface area contributed by atoms with Gasteiger partial charge in [-0.25, -0.2) is 0 Å². The summed E-state index contributed by atoms with van der Waals surface area (Å²) >= 11 is 6.49. The Kier molecular flexibility index (Phi) is 3.54. The van der Waals surface area contributed by atoms with Crippen LogP contribution in [0.3, 0.4) is 0 Å². The third kappa shape index (κ3) is 2.40. The Morgan fingerprint density at radius 2 is 1.90 bits per heavy atom. The second kappa shape index (κ2) is 4.77. The fourth-order valence-corrected chi connectivity index (χ4v) is 2.70. The Balaban J connectivity index is 2.72. The van der Waals surface area contributed by atoms with Gasteiger partial charge >= 0.3 is 0 Å². The SMILES string of the molecule is Cc1[nH]c(-c2c(Cl)c(C(C)(C)C)nn2C)cc(=O)c1C. The van der Waals surface area contributed by atoms with Crippen LogP contribution in [-0.2, 0) is 12.5 Å². The molecule has 2 aromatic heterocycles. The van der Waals surface area contributed by atoms with Crippen molar-refractivity contribution in [1.82, 2.24) is 14.8 Å². The van der Waals surface area contributed by atoms with Crippen LogP contribution in [0.4, 0.5) is 0 Å². The fourth-order valence-electron chi connectivity index (χ4n) is 2.15. The summed E-state index contributed by atoms with van der Waals surface area (Å²) in [6.45, 7) is 9.88.